The highest BCUT2D eigenvalue weighted by Gasteiger charge is 2.20. The van der Waals surface area contributed by atoms with Crippen LogP contribution in [0.5, 0.6) is 0 Å². The quantitative estimate of drug-likeness (QED) is 0.568. The number of hydrogen-bond donors (Lipinski definition) is 3. The number of hydrogen-bond acceptors (Lipinski definition) is 4. The normalized spacial score (nSPS) is 11.0. The van der Waals surface area contributed by atoms with Crippen LogP contribution in [-0.4, -0.2) is 28.2 Å². The van der Waals surface area contributed by atoms with Gasteiger partial charge < -0.3 is 15.7 Å². The minimum Gasteiger partial charge on any atom is -0.396 e. The molecule has 110 valence electrons. The summed E-state index contributed by atoms with van der Waals surface area (Å²) >= 11 is 0. The van der Waals surface area contributed by atoms with Gasteiger partial charge in [0.1, 0.15) is 0 Å². The number of rotatable bonds is 5. The van der Waals surface area contributed by atoms with Gasteiger partial charge in [-0.15, -0.1) is 0 Å². The maximum Gasteiger partial charge on any atom is 0.319 e. The van der Waals surface area contributed by atoms with Crippen molar-refractivity contribution in [2.75, 3.05) is 11.9 Å². The molecule has 0 bridgehead atoms. The van der Waals surface area contributed by atoms with E-state index in [2.05, 4.69) is 10.6 Å². The largest absolute Gasteiger partial charge is 0.396 e. The van der Waals surface area contributed by atoms with Crippen LogP contribution in [-0.2, 0) is 0 Å². The van der Waals surface area contributed by atoms with Crippen molar-refractivity contribution in [3.8, 4) is 0 Å². The number of aliphatic hydroxyl groups is 1. The Balaban J connectivity index is 2.76. The number of benzene rings is 1. The molecule has 0 fully saturated rings. The van der Waals surface area contributed by atoms with E-state index in [1.54, 1.807) is 32.9 Å². The molecule has 0 atom stereocenters. The number of carbonyl (C=O) groups is 1. The standard InChI is InChI=1S/C13H19N3O4/c1-9-4-5-10(8-11(9)16(19)20)14-12(18)15-13(2,3)6-7-17/h4-5,8,17H,6-7H2,1-3H3,(H2,14,15,18). The second-order valence-corrected chi connectivity index (χ2v) is 5.19. The molecule has 0 saturated carbocycles. The van der Waals surface area contributed by atoms with E-state index in [0.717, 1.165) is 0 Å². The van der Waals surface area contributed by atoms with Gasteiger partial charge in [-0.3, -0.25) is 10.1 Å². The summed E-state index contributed by atoms with van der Waals surface area (Å²) in [6, 6.07) is 4.02. The van der Waals surface area contributed by atoms with Crippen LogP contribution in [0, 0.1) is 17.0 Å². The first-order valence-corrected chi connectivity index (χ1v) is 6.20. The third kappa shape index (κ3) is 4.51. The Bertz CT molecular complexity index is 514. The number of nitro groups is 1. The third-order valence-electron chi connectivity index (χ3n) is 2.85. The smallest absolute Gasteiger partial charge is 0.319 e. The van der Waals surface area contributed by atoms with E-state index in [0.29, 0.717) is 17.7 Å². The molecule has 20 heavy (non-hydrogen) atoms. The molecule has 7 heteroatoms. The summed E-state index contributed by atoms with van der Waals surface area (Å²) in [5.74, 6) is 0. The van der Waals surface area contributed by atoms with Crippen molar-refractivity contribution >= 4 is 17.4 Å². The SMILES string of the molecule is Cc1ccc(NC(=O)NC(C)(C)CCO)cc1[N+](=O)[O-]. The summed E-state index contributed by atoms with van der Waals surface area (Å²) in [6.45, 7) is 5.15. The van der Waals surface area contributed by atoms with Crippen LogP contribution in [0.15, 0.2) is 18.2 Å². The highest BCUT2D eigenvalue weighted by atomic mass is 16.6. The summed E-state index contributed by atoms with van der Waals surface area (Å²) in [6.07, 6.45) is 0.411. The van der Waals surface area contributed by atoms with Gasteiger partial charge in [0.15, 0.2) is 0 Å². The minimum absolute atomic E-state index is 0.0384. The molecule has 0 spiro atoms. The van der Waals surface area contributed by atoms with Gasteiger partial charge in [0.2, 0.25) is 0 Å². The molecule has 0 saturated heterocycles. The van der Waals surface area contributed by atoms with Gasteiger partial charge in [0, 0.05) is 29.5 Å². The second kappa shape index (κ2) is 6.33. The van der Waals surface area contributed by atoms with E-state index >= 15 is 0 Å². The van der Waals surface area contributed by atoms with Crippen LogP contribution in [0.2, 0.25) is 0 Å². The molecular formula is C13H19N3O4. The first-order chi connectivity index (χ1) is 9.25. The third-order valence-corrected chi connectivity index (χ3v) is 2.85. The molecule has 0 heterocycles. The number of nitrogens with one attached hydrogen (secondary N) is 2. The first-order valence-electron chi connectivity index (χ1n) is 6.20. The topological polar surface area (TPSA) is 104 Å². The number of aryl methyl sites for hydroxylation is 1. The van der Waals surface area contributed by atoms with Gasteiger partial charge in [-0.1, -0.05) is 6.07 Å². The zero-order valence-electron chi connectivity index (χ0n) is 11.8. The Morgan fingerprint density at radius 1 is 1.45 bits per heavy atom. The maximum absolute atomic E-state index is 11.8. The van der Waals surface area contributed by atoms with Gasteiger partial charge in [-0.05, 0) is 33.3 Å². The molecule has 0 radical (unpaired) electrons. The lowest BCUT2D eigenvalue weighted by Crippen LogP contribution is -2.46. The minimum atomic E-state index is -0.560. The van der Waals surface area contributed by atoms with Crippen molar-refractivity contribution in [2.24, 2.45) is 0 Å². The molecule has 0 aromatic heterocycles. The predicted octanol–water partition coefficient (Wildman–Crippen LogP) is 2.19. The monoisotopic (exact) mass is 281 g/mol. The molecule has 2 amide bonds. The Kier molecular flexibility index (Phi) is 5.04. The number of anilines is 1. The number of urea groups is 1. The highest BCUT2D eigenvalue weighted by Crippen LogP contribution is 2.22. The summed E-state index contributed by atoms with van der Waals surface area (Å²) in [4.78, 5) is 22.1. The van der Waals surface area contributed by atoms with Crippen LogP contribution in [0.25, 0.3) is 0 Å². The van der Waals surface area contributed by atoms with Crippen LogP contribution in [0.4, 0.5) is 16.2 Å². The number of carbonyl (C=O) groups excluding carboxylic acids is 1. The van der Waals surface area contributed by atoms with Crippen LogP contribution < -0.4 is 10.6 Å². The predicted molar refractivity (Wildman–Crippen MR) is 75.8 cm³/mol. The second-order valence-electron chi connectivity index (χ2n) is 5.19. The molecule has 0 aliphatic heterocycles. The van der Waals surface area contributed by atoms with Crippen molar-refractivity contribution < 1.29 is 14.8 Å². The summed E-state index contributed by atoms with van der Waals surface area (Å²) in [5, 5.41) is 24.9. The van der Waals surface area contributed by atoms with Crippen LogP contribution in [0.3, 0.4) is 0 Å². The number of aliphatic hydroxyl groups excluding tert-OH is 1. The summed E-state index contributed by atoms with van der Waals surface area (Å²) in [5.41, 5.74) is 0.272. The molecule has 1 aromatic rings. The lowest BCUT2D eigenvalue weighted by molar-refractivity contribution is -0.385. The van der Waals surface area contributed by atoms with Gasteiger partial charge in [0.05, 0.1) is 4.92 Å². The molecular weight excluding hydrogens is 262 g/mol. The molecule has 7 nitrogen and oxygen atoms in total. The van der Waals surface area contributed by atoms with E-state index in [1.807, 2.05) is 0 Å². The zero-order valence-corrected chi connectivity index (χ0v) is 11.8. The van der Waals surface area contributed by atoms with E-state index in [4.69, 9.17) is 5.11 Å². The average molecular weight is 281 g/mol. The van der Waals surface area contributed by atoms with Gasteiger partial charge in [-0.25, -0.2) is 4.79 Å². The van der Waals surface area contributed by atoms with E-state index in [-0.39, 0.29) is 12.3 Å². The summed E-state index contributed by atoms with van der Waals surface area (Å²) < 4.78 is 0. The zero-order chi connectivity index (χ0) is 15.3. The molecule has 1 rings (SSSR count). The number of nitrogens with zero attached hydrogens (tertiary/aromatic N) is 1. The van der Waals surface area contributed by atoms with Crippen molar-refractivity contribution in [3.63, 3.8) is 0 Å². The molecule has 1 aromatic carbocycles. The lowest BCUT2D eigenvalue weighted by Gasteiger charge is -2.25. The highest BCUT2D eigenvalue weighted by molar-refractivity contribution is 5.90. The number of amides is 2. The van der Waals surface area contributed by atoms with Crippen LogP contribution >= 0.6 is 0 Å². The van der Waals surface area contributed by atoms with E-state index in [9.17, 15) is 14.9 Å². The van der Waals surface area contributed by atoms with Crippen LogP contribution in [0.1, 0.15) is 25.8 Å². The first kappa shape index (κ1) is 15.9. The van der Waals surface area contributed by atoms with Crippen molar-refractivity contribution in [2.45, 2.75) is 32.7 Å². The van der Waals surface area contributed by atoms with Crippen molar-refractivity contribution in [1.29, 1.82) is 0 Å². The molecule has 0 unspecified atom stereocenters. The van der Waals surface area contributed by atoms with Crippen molar-refractivity contribution in [1.82, 2.24) is 5.32 Å². The van der Waals surface area contributed by atoms with E-state index < -0.39 is 16.5 Å². The van der Waals surface area contributed by atoms with E-state index in [1.165, 1.54) is 6.07 Å². The Hall–Kier alpha value is -2.15. The number of nitro benzene ring substituents is 1. The van der Waals surface area contributed by atoms with Gasteiger partial charge in [0.25, 0.3) is 5.69 Å². The van der Waals surface area contributed by atoms with Gasteiger partial charge >= 0.3 is 6.03 Å². The van der Waals surface area contributed by atoms with Crippen molar-refractivity contribution in [3.05, 3.63) is 33.9 Å². The Morgan fingerprint density at radius 2 is 2.10 bits per heavy atom. The fraction of sp³-hybridized carbons (Fsp3) is 0.462. The lowest BCUT2D eigenvalue weighted by atomic mass is 10.0. The average Bonchev–Trinajstić information content (AvgIpc) is 2.30. The maximum atomic E-state index is 11.8. The molecule has 0 aliphatic carbocycles. The Labute approximate surface area is 117 Å². The van der Waals surface area contributed by atoms with Gasteiger partial charge in [-0.2, -0.15) is 0 Å². The molecule has 3 N–H and O–H groups in total. The summed E-state index contributed by atoms with van der Waals surface area (Å²) in [7, 11) is 0. The fourth-order valence-electron chi connectivity index (χ4n) is 1.70. The molecule has 0 aliphatic rings. The fourth-order valence-corrected chi connectivity index (χ4v) is 1.70. The Morgan fingerprint density at radius 3 is 2.65 bits per heavy atom.